The van der Waals surface area contributed by atoms with Crippen LogP contribution in [-0.2, 0) is 13.1 Å². The predicted octanol–water partition coefficient (Wildman–Crippen LogP) is 3.25. The van der Waals surface area contributed by atoms with Crippen LogP contribution >= 0.6 is 0 Å². The summed E-state index contributed by atoms with van der Waals surface area (Å²) in [7, 11) is 0. The SMILES string of the molecule is O=C(NCc1ccc2c(=O)cc[nH]c2c1)c1ccc2c(c1)C(=O)N(Cc1ccccc1)C2=O. The zero-order valence-corrected chi connectivity index (χ0v) is 17.5. The standard InChI is InChI=1S/C26H19N3O4/c30-23-10-11-27-22-12-17(6-8-20(22)23)14-28-24(31)18-7-9-19-21(13-18)26(33)29(25(19)32)15-16-4-2-1-3-5-16/h1-13H,14-15H2,(H,27,30)(H,28,31). The average Bonchev–Trinajstić information content (AvgIpc) is 3.07. The number of imide groups is 1. The highest BCUT2D eigenvalue weighted by Gasteiger charge is 2.35. The Balaban J connectivity index is 1.31. The Morgan fingerprint density at radius 2 is 1.61 bits per heavy atom. The number of nitrogens with zero attached hydrogens (tertiary/aromatic N) is 1. The van der Waals surface area contributed by atoms with E-state index < -0.39 is 5.91 Å². The fourth-order valence-corrected chi connectivity index (χ4v) is 3.96. The molecule has 162 valence electrons. The smallest absolute Gasteiger partial charge is 0.261 e. The third-order valence-corrected chi connectivity index (χ3v) is 5.69. The van der Waals surface area contributed by atoms with Crippen LogP contribution in [0, 0.1) is 0 Å². The third kappa shape index (κ3) is 3.80. The highest BCUT2D eigenvalue weighted by atomic mass is 16.2. The first-order chi connectivity index (χ1) is 16.0. The molecule has 7 heteroatoms. The number of fused-ring (bicyclic) bond motifs is 2. The van der Waals surface area contributed by atoms with Crippen molar-refractivity contribution >= 4 is 28.6 Å². The second kappa shape index (κ2) is 8.20. The summed E-state index contributed by atoms with van der Waals surface area (Å²) in [5.41, 5.74) is 3.11. The number of aromatic amines is 1. The van der Waals surface area contributed by atoms with Crippen molar-refractivity contribution in [1.29, 1.82) is 0 Å². The Morgan fingerprint density at radius 3 is 2.42 bits per heavy atom. The van der Waals surface area contributed by atoms with Crippen LogP contribution in [0.1, 0.15) is 42.2 Å². The lowest BCUT2D eigenvalue weighted by Crippen LogP contribution is -2.29. The van der Waals surface area contributed by atoms with Crippen molar-refractivity contribution in [3.8, 4) is 0 Å². The van der Waals surface area contributed by atoms with E-state index in [0.717, 1.165) is 11.1 Å². The second-order valence-corrected chi connectivity index (χ2v) is 7.85. The number of nitrogens with one attached hydrogen (secondary N) is 2. The van der Waals surface area contributed by atoms with E-state index in [-0.39, 0.29) is 35.9 Å². The number of hydrogen-bond donors (Lipinski definition) is 2. The summed E-state index contributed by atoms with van der Waals surface area (Å²) in [6.45, 7) is 0.425. The maximum Gasteiger partial charge on any atom is 0.261 e. The molecular weight excluding hydrogens is 418 g/mol. The Hall–Kier alpha value is -4.52. The maximum atomic E-state index is 12.9. The predicted molar refractivity (Wildman–Crippen MR) is 123 cm³/mol. The first-order valence-electron chi connectivity index (χ1n) is 10.4. The number of pyridine rings is 1. The van der Waals surface area contributed by atoms with E-state index in [4.69, 9.17) is 0 Å². The summed E-state index contributed by atoms with van der Waals surface area (Å²) in [5, 5.41) is 3.40. The van der Waals surface area contributed by atoms with Gasteiger partial charge in [-0.15, -0.1) is 0 Å². The van der Waals surface area contributed by atoms with Crippen molar-refractivity contribution in [2.45, 2.75) is 13.1 Å². The number of carbonyl (C=O) groups excluding carboxylic acids is 3. The molecule has 5 rings (SSSR count). The molecule has 2 N–H and O–H groups in total. The largest absolute Gasteiger partial charge is 0.361 e. The zero-order valence-electron chi connectivity index (χ0n) is 17.5. The monoisotopic (exact) mass is 437 g/mol. The summed E-state index contributed by atoms with van der Waals surface area (Å²) in [6, 6.07) is 20.6. The van der Waals surface area contributed by atoms with E-state index >= 15 is 0 Å². The van der Waals surface area contributed by atoms with Crippen LogP contribution in [0.5, 0.6) is 0 Å². The summed E-state index contributed by atoms with van der Waals surface area (Å²) in [5.74, 6) is -1.14. The molecule has 2 heterocycles. The van der Waals surface area contributed by atoms with E-state index in [1.165, 1.54) is 23.1 Å². The summed E-state index contributed by atoms with van der Waals surface area (Å²) < 4.78 is 0. The van der Waals surface area contributed by atoms with Crippen molar-refractivity contribution < 1.29 is 14.4 Å². The fraction of sp³-hybridized carbons (Fsp3) is 0.0769. The van der Waals surface area contributed by atoms with E-state index in [0.29, 0.717) is 22.0 Å². The molecule has 0 radical (unpaired) electrons. The zero-order chi connectivity index (χ0) is 22.9. The number of hydrogen-bond acceptors (Lipinski definition) is 4. The van der Waals surface area contributed by atoms with Crippen molar-refractivity contribution in [3.05, 3.63) is 117 Å². The lowest BCUT2D eigenvalue weighted by Gasteiger charge is -2.13. The molecule has 0 fully saturated rings. The summed E-state index contributed by atoms with van der Waals surface area (Å²) in [6.07, 6.45) is 1.58. The van der Waals surface area contributed by atoms with Gasteiger partial charge < -0.3 is 10.3 Å². The van der Waals surface area contributed by atoms with Gasteiger partial charge in [-0.3, -0.25) is 24.1 Å². The van der Waals surface area contributed by atoms with Gasteiger partial charge in [0.1, 0.15) is 0 Å². The van der Waals surface area contributed by atoms with Crippen molar-refractivity contribution in [1.82, 2.24) is 15.2 Å². The lowest BCUT2D eigenvalue weighted by atomic mass is 10.1. The van der Waals surface area contributed by atoms with Gasteiger partial charge >= 0.3 is 0 Å². The van der Waals surface area contributed by atoms with E-state index in [9.17, 15) is 19.2 Å². The van der Waals surface area contributed by atoms with Crippen LogP contribution in [0.4, 0.5) is 0 Å². The molecule has 4 aromatic rings. The lowest BCUT2D eigenvalue weighted by molar-refractivity contribution is 0.0642. The Bertz CT molecular complexity index is 1470. The summed E-state index contributed by atoms with van der Waals surface area (Å²) >= 11 is 0. The minimum absolute atomic E-state index is 0.0713. The summed E-state index contributed by atoms with van der Waals surface area (Å²) in [4.78, 5) is 54.4. The van der Waals surface area contributed by atoms with Crippen LogP contribution in [0.15, 0.2) is 83.8 Å². The molecule has 0 atom stereocenters. The average molecular weight is 437 g/mol. The molecule has 0 saturated carbocycles. The van der Waals surface area contributed by atoms with Gasteiger partial charge in [-0.05, 0) is 41.5 Å². The van der Waals surface area contributed by atoms with Gasteiger partial charge in [-0.25, -0.2) is 0 Å². The Morgan fingerprint density at radius 1 is 0.818 bits per heavy atom. The van der Waals surface area contributed by atoms with E-state index in [1.54, 1.807) is 24.4 Å². The second-order valence-electron chi connectivity index (χ2n) is 7.85. The molecular formula is C26H19N3O4. The molecule has 0 bridgehead atoms. The molecule has 33 heavy (non-hydrogen) atoms. The molecule has 0 aliphatic carbocycles. The first kappa shape index (κ1) is 20.4. The fourth-order valence-electron chi connectivity index (χ4n) is 3.96. The van der Waals surface area contributed by atoms with Crippen molar-refractivity contribution in [2.75, 3.05) is 0 Å². The van der Waals surface area contributed by atoms with Gasteiger partial charge in [0.25, 0.3) is 17.7 Å². The Labute approximate surface area is 188 Å². The molecule has 1 aliphatic heterocycles. The van der Waals surface area contributed by atoms with Crippen LogP contribution in [-0.4, -0.2) is 27.6 Å². The van der Waals surface area contributed by atoms with Gasteiger partial charge in [0.05, 0.1) is 17.7 Å². The number of aromatic nitrogens is 1. The molecule has 3 amide bonds. The molecule has 1 aliphatic rings. The Kier molecular flexibility index (Phi) is 5.06. The number of benzene rings is 3. The molecule has 7 nitrogen and oxygen atoms in total. The highest BCUT2D eigenvalue weighted by molar-refractivity contribution is 6.22. The third-order valence-electron chi connectivity index (χ3n) is 5.69. The van der Waals surface area contributed by atoms with E-state index in [2.05, 4.69) is 10.3 Å². The highest BCUT2D eigenvalue weighted by Crippen LogP contribution is 2.25. The minimum Gasteiger partial charge on any atom is -0.361 e. The van der Waals surface area contributed by atoms with Crippen molar-refractivity contribution in [3.63, 3.8) is 0 Å². The van der Waals surface area contributed by atoms with Gasteiger partial charge in [-0.2, -0.15) is 0 Å². The molecule has 3 aromatic carbocycles. The molecule has 0 saturated heterocycles. The number of carbonyl (C=O) groups is 3. The first-order valence-corrected chi connectivity index (χ1v) is 10.4. The van der Waals surface area contributed by atoms with Crippen LogP contribution < -0.4 is 10.7 Å². The number of rotatable bonds is 5. The molecule has 0 unspecified atom stereocenters. The number of H-pyrrole nitrogens is 1. The topological polar surface area (TPSA) is 99.3 Å². The normalized spacial score (nSPS) is 12.8. The van der Waals surface area contributed by atoms with Gasteiger partial charge in [-0.1, -0.05) is 36.4 Å². The number of amides is 3. The van der Waals surface area contributed by atoms with Crippen LogP contribution in [0.3, 0.4) is 0 Å². The van der Waals surface area contributed by atoms with Gasteiger partial charge in [0.15, 0.2) is 5.43 Å². The van der Waals surface area contributed by atoms with Gasteiger partial charge in [0, 0.05) is 35.3 Å². The minimum atomic E-state index is -0.410. The molecule has 0 spiro atoms. The van der Waals surface area contributed by atoms with Crippen molar-refractivity contribution in [2.24, 2.45) is 0 Å². The van der Waals surface area contributed by atoms with Gasteiger partial charge in [0.2, 0.25) is 0 Å². The van der Waals surface area contributed by atoms with E-state index in [1.807, 2.05) is 36.4 Å². The van der Waals surface area contributed by atoms with Crippen LogP contribution in [0.2, 0.25) is 0 Å². The van der Waals surface area contributed by atoms with Crippen LogP contribution in [0.25, 0.3) is 10.9 Å². The maximum absolute atomic E-state index is 12.9. The quantitative estimate of drug-likeness (QED) is 0.468. The molecule has 1 aromatic heterocycles.